The van der Waals surface area contributed by atoms with Gasteiger partial charge < -0.3 is 15.0 Å². The molecule has 0 fully saturated rings. The van der Waals surface area contributed by atoms with Crippen LogP contribution in [0.2, 0.25) is 5.02 Å². The highest BCUT2D eigenvalue weighted by molar-refractivity contribution is 7.09. The molecule has 1 aromatic carbocycles. The Morgan fingerprint density at radius 2 is 2.23 bits per heavy atom. The number of ether oxygens (including phenoxy) is 1. The van der Waals surface area contributed by atoms with Crippen LogP contribution in [0.4, 0.5) is 5.69 Å². The van der Waals surface area contributed by atoms with Gasteiger partial charge in [0.25, 0.3) is 5.91 Å². The second-order valence-electron chi connectivity index (χ2n) is 5.16. The third-order valence-electron chi connectivity index (χ3n) is 3.59. The van der Waals surface area contributed by atoms with Crippen molar-refractivity contribution in [2.45, 2.75) is 19.5 Å². The Morgan fingerprint density at radius 1 is 1.45 bits per heavy atom. The topological polar surface area (TPSA) is 42.8 Å². The number of benzene rings is 1. The molecule has 1 heterocycles. The van der Waals surface area contributed by atoms with Gasteiger partial charge in [-0.2, -0.15) is 0 Å². The van der Waals surface area contributed by atoms with Crippen LogP contribution >= 0.6 is 22.9 Å². The molecule has 0 aliphatic carbocycles. The molecule has 0 aliphatic rings. The minimum Gasteiger partial charge on any atom is -0.495 e. The molecule has 2 aromatic rings. The Labute approximate surface area is 139 Å². The lowest BCUT2D eigenvalue weighted by Gasteiger charge is -2.21. The van der Waals surface area contributed by atoms with Gasteiger partial charge >= 0.3 is 0 Å². The first-order valence-corrected chi connectivity index (χ1v) is 8.26. The van der Waals surface area contributed by atoms with E-state index in [1.165, 1.54) is 4.88 Å². The van der Waals surface area contributed by atoms with Crippen molar-refractivity contribution in [1.82, 2.24) is 0 Å². The highest BCUT2D eigenvalue weighted by Gasteiger charge is 2.23. The third kappa shape index (κ3) is 4.22. The summed E-state index contributed by atoms with van der Waals surface area (Å²) in [5, 5.41) is 5.50. The highest BCUT2D eigenvalue weighted by atomic mass is 35.5. The van der Waals surface area contributed by atoms with Crippen LogP contribution in [0, 0.1) is 0 Å². The summed E-state index contributed by atoms with van der Waals surface area (Å²) >= 11 is 7.69. The Bertz CT molecular complexity index is 631. The van der Waals surface area contributed by atoms with Crippen LogP contribution in [-0.4, -0.2) is 26.1 Å². The number of anilines is 1. The number of hydrogen-bond acceptors (Lipinski definition) is 3. The fraction of sp³-hybridized carbons (Fsp3) is 0.312. The number of amides is 1. The van der Waals surface area contributed by atoms with E-state index in [0.29, 0.717) is 16.5 Å². The average Bonchev–Trinajstić information content (AvgIpc) is 2.99. The molecule has 1 aromatic heterocycles. The number of likely N-dealkylation sites (N-methyl/N-ethyl adjacent to an activating group) is 1. The second-order valence-corrected chi connectivity index (χ2v) is 6.63. The van der Waals surface area contributed by atoms with Gasteiger partial charge in [0.1, 0.15) is 12.3 Å². The van der Waals surface area contributed by atoms with E-state index in [-0.39, 0.29) is 11.9 Å². The molecule has 2 atom stereocenters. The van der Waals surface area contributed by atoms with Gasteiger partial charge in [-0.3, -0.25) is 4.79 Å². The number of halogens is 1. The molecule has 22 heavy (non-hydrogen) atoms. The summed E-state index contributed by atoms with van der Waals surface area (Å²) in [5.41, 5.74) is 0.593. The van der Waals surface area contributed by atoms with E-state index in [0.717, 1.165) is 11.4 Å². The summed E-state index contributed by atoms with van der Waals surface area (Å²) in [5.74, 6) is 0.537. The lowest BCUT2D eigenvalue weighted by atomic mass is 10.2. The zero-order chi connectivity index (χ0) is 16.1. The number of thiophene rings is 1. The largest absolute Gasteiger partial charge is 0.495 e. The first-order chi connectivity index (χ1) is 10.5. The standard InChI is InChI=1S/C16H19ClN2O2S/c1-11(19(2)10-13-5-4-8-22-13)16(20)18-14-9-12(17)6-7-15(14)21-3/h4-9,11H,10H2,1-3H3,(H,18,20)/p+1/t11-/m0/s1. The van der Waals surface area contributed by atoms with Crippen LogP contribution in [0.15, 0.2) is 35.7 Å². The monoisotopic (exact) mass is 339 g/mol. The van der Waals surface area contributed by atoms with Crippen LogP contribution in [0.5, 0.6) is 5.75 Å². The smallest absolute Gasteiger partial charge is 0.282 e. The molecule has 2 N–H and O–H groups in total. The van der Waals surface area contributed by atoms with E-state index in [4.69, 9.17) is 16.3 Å². The molecule has 0 spiro atoms. The molecule has 6 heteroatoms. The summed E-state index contributed by atoms with van der Waals surface area (Å²) < 4.78 is 5.25. The summed E-state index contributed by atoms with van der Waals surface area (Å²) in [4.78, 5) is 14.8. The van der Waals surface area contributed by atoms with E-state index in [9.17, 15) is 4.79 Å². The second kappa shape index (κ2) is 7.63. The van der Waals surface area contributed by atoms with E-state index in [1.807, 2.05) is 25.4 Å². The number of carbonyl (C=O) groups excluding carboxylic acids is 1. The maximum absolute atomic E-state index is 12.4. The summed E-state index contributed by atoms with van der Waals surface area (Å²) in [6.45, 7) is 2.73. The number of nitrogens with one attached hydrogen (secondary N) is 2. The Kier molecular flexibility index (Phi) is 5.83. The zero-order valence-corrected chi connectivity index (χ0v) is 14.4. The maximum Gasteiger partial charge on any atom is 0.282 e. The lowest BCUT2D eigenvalue weighted by molar-refractivity contribution is -0.907. The number of methoxy groups -OCH3 is 1. The molecule has 0 radical (unpaired) electrons. The van der Waals surface area contributed by atoms with Crippen molar-refractivity contribution in [2.75, 3.05) is 19.5 Å². The summed E-state index contributed by atoms with van der Waals surface area (Å²) in [7, 11) is 3.58. The Morgan fingerprint density at radius 3 is 2.86 bits per heavy atom. The van der Waals surface area contributed by atoms with Crippen molar-refractivity contribution in [3.63, 3.8) is 0 Å². The van der Waals surface area contributed by atoms with Crippen molar-refractivity contribution in [3.05, 3.63) is 45.6 Å². The molecule has 0 saturated heterocycles. The van der Waals surface area contributed by atoms with E-state index in [1.54, 1.807) is 36.6 Å². The van der Waals surface area contributed by atoms with Crippen molar-refractivity contribution in [2.24, 2.45) is 0 Å². The minimum absolute atomic E-state index is 0.0605. The predicted molar refractivity (Wildman–Crippen MR) is 91.0 cm³/mol. The molecule has 1 unspecified atom stereocenters. The van der Waals surface area contributed by atoms with Crippen molar-refractivity contribution < 1.29 is 14.4 Å². The average molecular weight is 340 g/mol. The molecular weight excluding hydrogens is 320 g/mol. The number of quaternary nitrogens is 1. The first kappa shape index (κ1) is 16.8. The summed E-state index contributed by atoms with van der Waals surface area (Å²) in [6.07, 6.45) is 0. The molecular formula is C16H20ClN2O2S+. The molecule has 0 aliphatic heterocycles. The zero-order valence-electron chi connectivity index (χ0n) is 12.9. The molecule has 0 saturated carbocycles. The van der Waals surface area contributed by atoms with Gasteiger partial charge in [-0.1, -0.05) is 17.7 Å². The lowest BCUT2D eigenvalue weighted by Crippen LogP contribution is -3.12. The molecule has 0 bridgehead atoms. The van der Waals surface area contributed by atoms with Gasteiger partial charge in [0.15, 0.2) is 6.04 Å². The van der Waals surface area contributed by atoms with Crippen molar-refractivity contribution in [3.8, 4) is 5.75 Å². The SMILES string of the molecule is COc1ccc(Cl)cc1NC(=O)[C@H](C)[NH+](C)Cc1cccs1. The van der Waals surface area contributed by atoms with Gasteiger partial charge in [0, 0.05) is 5.02 Å². The van der Waals surface area contributed by atoms with Crippen LogP contribution in [0.25, 0.3) is 0 Å². The van der Waals surface area contributed by atoms with E-state index < -0.39 is 0 Å². The van der Waals surface area contributed by atoms with Crippen LogP contribution in [-0.2, 0) is 11.3 Å². The van der Waals surface area contributed by atoms with Gasteiger partial charge in [-0.15, -0.1) is 11.3 Å². The molecule has 2 rings (SSSR count). The Balaban J connectivity index is 2.03. The normalized spacial score (nSPS) is 13.5. The van der Waals surface area contributed by atoms with E-state index in [2.05, 4.69) is 11.4 Å². The first-order valence-electron chi connectivity index (χ1n) is 7.00. The molecule has 1 amide bonds. The predicted octanol–water partition coefficient (Wildman–Crippen LogP) is 2.45. The van der Waals surface area contributed by atoms with Gasteiger partial charge in [-0.25, -0.2) is 0 Å². The Hall–Kier alpha value is -1.56. The number of carbonyl (C=O) groups is 1. The summed E-state index contributed by atoms with van der Waals surface area (Å²) in [6, 6.07) is 9.08. The molecule has 118 valence electrons. The van der Waals surface area contributed by atoms with Gasteiger partial charge in [-0.05, 0) is 36.6 Å². The molecule has 4 nitrogen and oxygen atoms in total. The quantitative estimate of drug-likeness (QED) is 0.849. The van der Waals surface area contributed by atoms with E-state index >= 15 is 0 Å². The van der Waals surface area contributed by atoms with Crippen molar-refractivity contribution in [1.29, 1.82) is 0 Å². The maximum atomic E-state index is 12.4. The fourth-order valence-corrected chi connectivity index (χ4v) is 3.06. The van der Waals surface area contributed by atoms with Gasteiger partial charge in [0.2, 0.25) is 0 Å². The highest BCUT2D eigenvalue weighted by Crippen LogP contribution is 2.27. The van der Waals surface area contributed by atoms with Crippen LogP contribution in [0.3, 0.4) is 0 Å². The minimum atomic E-state index is -0.189. The van der Waals surface area contributed by atoms with Crippen LogP contribution < -0.4 is 15.0 Å². The van der Waals surface area contributed by atoms with Crippen molar-refractivity contribution >= 4 is 34.5 Å². The van der Waals surface area contributed by atoms with Crippen LogP contribution in [0.1, 0.15) is 11.8 Å². The number of hydrogen-bond donors (Lipinski definition) is 2. The number of rotatable bonds is 6. The fourth-order valence-electron chi connectivity index (χ4n) is 2.08. The third-order valence-corrected chi connectivity index (χ3v) is 4.70. The van der Waals surface area contributed by atoms with Gasteiger partial charge in [0.05, 0.1) is 24.7 Å².